The van der Waals surface area contributed by atoms with Crippen LogP contribution < -0.4 is 10.1 Å². The summed E-state index contributed by atoms with van der Waals surface area (Å²) in [6.07, 6.45) is 0. The van der Waals surface area contributed by atoms with Crippen molar-refractivity contribution < 1.29 is 19.0 Å². The Morgan fingerprint density at radius 2 is 1.95 bits per heavy atom. The Kier molecular flexibility index (Phi) is 3.89. The first kappa shape index (κ1) is 13.9. The predicted octanol–water partition coefficient (Wildman–Crippen LogP) is 3.58. The summed E-state index contributed by atoms with van der Waals surface area (Å²) in [5.41, 5.74) is 1.84. The summed E-state index contributed by atoms with van der Waals surface area (Å²) in [6, 6.07) is 8.88. The molecule has 104 valence electrons. The van der Waals surface area contributed by atoms with Gasteiger partial charge in [-0.3, -0.25) is 0 Å². The maximum Gasteiger partial charge on any atom is 0.337 e. The van der Waals surface area contributed by atoms with Gasteiger partial charge in [-0.1, -0.05) is 0 Å². The number of carboxylic acids is 1. The molecule has 0 aromatic heterocycles. The first-order valence-corrected chi connectivity index (χ1v) is 5.96. The molecule has 0 saturated heterocycles. The molecule has 0 saturated carbocycles. The van der Waals surface area contributed by atoms with Crippen LogP contribution in [0.25, 0.3) is 0 Å². The number of anilines is 2. The lowest BCUT2D eigenvalue weighted by Crippen LogP contribution is -2.04. The molecule has 2 rings (SSSR count). The van der Waals surface area contributed by atoms with Crippen molar-refractivity contribution in [1.29, 1.82) is 0 Å². The highest BCUT2D eigenvalue weighted by molar-refractivity contribution is 5.95. The fraction of sp³-hybridized carbons (Fsp3) is 0.133. The van der Waals surface area contributed by atoms with Crippen molar-refractivity contribution in [3.63, 3.8) is 0 Å². The lowest BCUT2D eigenvalue weighted by molar-refractivity contribution is 0.0698. The Morgan fingerprint density at radius 3 is 2.55 bits per heavy atom. The number of aryl methyl sites for hydroxylation is 1. The zero-order valence-corrected chi connectivity index (χ0v) is 11.1. The Balaban J connectivity index is 2.43. The van der Waals surface area contributed by atoms with Crippen molar-refractivity contribution in [1.82, 2.24) is 0 Å². The van der Waals surface area contributed by atoms with Gasteiger partial charge in [0.1, 0.15) is 11.6 Å². The fourth-order valence-corrected chi connectivity index (χ4v) is 1.85. The molecule has 2 aromatic rings. The minimum atomic E-state index is -1.05. The van der Waals surface area contributed by atoms with E-state index in [2.05, 4.69) is 5.32 Å². The molecule has 0 fully saturated rings. The van der Waals surface area contributed by atoms with Crippen LogP contribution in [0.3, 0.4) is 0 Å². The van der Waals surface area contributed by atoms with E-state index in [9.17, 15) is 14.3 Å². The molecule has 0 bridgehead atoms. The maximum absolute atomic E-state index is 13.1. The van der Waals surface area contributed by atoms with Crippen LogP contribution in [0.2, 0.25) is 0 Å². The number of nitrogens with one attached hydrogen (secondary N) is 1. The predicted molar refractivity (Wildman–Crippen MR) is 74.4 cm³/mol. The first-order valence-electron chi connectivity index (χ1n) is 5.96. The third kappa shape index (κ3) is 2.88. The van der Waals surface area contributed by atoms with Crippen molar-refractivity contribution in [2.75, 3.05) is 12.4 Å². The van der Waals surface area contributed by atoms with Crippen LogP contribution in [0.1, 0.15) is 15.9 Å². The number of rotatable bonds is 4. The lowest BCUT2D eigenvalue weighted by Gasteiger charge is -2.13. The number of aromatic carboxylic acids is 1. The van der Waals surface area contributed by atoms with Gasteiger partial charge in [0.25, 0.3) is 0 Å². The molecule has 0 unspecified atom stereocenters. The molecule has 0 aliphatic rings. The number of hydrogen-bond acceptors (Lipinski definition) is 3. The molecule has 0 atom stereocenters. The normalized spacial score (nSPS) is 10.2. The largest absolute Gasteiger partial charge is 0.497 e. The second kappa shape index (κ2) is 5.61. The van der Waals surface area contributed by atoms with Gasteiger partial charge in [-0.05, 0) is 42.8 Å². The Hall–Kier alpha value is -2.56. The summed E-state index contributed by atoms with van der Waals surface area (Å²) in [4.78, 5) is 11.2. The molecule has 0 amide bonds. The average Bonchev–Trinajstić information content (AvgIpc) is 2.41. The van der Waals surface area contributed by atoms with E-state index >= 15 is 0 Å². The van der Waals surface area contributed by atoms with Gasteiger partial charge in [0, 0.05) is 11.8 Å². The number of carboxylic acid groups (broad SMARTS) is 1. The maximum atomic E-state index is 13.1. The van der Waals surface area contributed by atoms with Gasteiger partial charge in [0.2, 0.25) is 0 Å². The minimum absolute atomic E-state index is 0.120. The van der Waals surface area contributed by atoms with Crippen molar-refractivity contribution in [2.45, 2.75) is 6.92 Å². The van der Waals surface area contributed by atoms with Crippen LogP contribution in [-0.2, 0) is 0 Å². The third-order valence-electron chi connectivity index (χ3n) is 2.91. The van der Waals surface area contributed by atoms with E-state index in [0.717, 1.165) is 0 Å². The Labute approximate surface area is 115 Å². The fourth-order valence-electron chi connectivity index (χ4n) is 1.85. The summed E-state index contributed by atoms with van der Waals surface area (Å²) in [5.74, 6) is -0.843. The molecule has 0 aliphatic heterocycles. The molecule has 0 heterocycles. The molecule has 0 aliphatic carbocycles. The van der Waals surface area contributed by atoms with Gasteiger partial charge in [0.15, 0.2) is 0 Å². The van der Waals surface area contributed by atoms with E-state index in [-0.39, 0.29) is 11.4 Å². The quantitative estimate of drug-likeness (QED) is 0.895. The standard InChI is InChI=1S/C15H14FNO3/c1-9-7-10(16)3-6-13(9)17-14-8-11(20-2)4-5-12(14)15(18)19/h3-8,17H,1-2H3,(H,18,19). The molecular weight excluding hydrogens is 261 g/mol. The van der Waals surface area contributed by atoms with Gasteiger partial charge >= 0.3 is 5.97 Å². The first-order chi connectivity index (χ1) is 9.51. The number of hydrogen-bond donors (Lipinski definition) is 2. The highest BCUT2D eigenvalue weighted by Gasteiger charge is 2.12. The van der Waals surface area contributed by atoms with E-state index in [1.165, 1.54) is 25.3 Å². The van der Waals surface area contributed by atoms with Crippen LogP contribution >= 0.6 is 0 Å². The van der Waals surface area contributed by atoms with Crippen LogP contribution in [0.4, 0.5) is 15.8 Å². The summed E-state index contributed by atoms with van der Waals surface area (Å²) in [5, 5.41) is 12.2. The van der Waals surface area contributed by atoms with Crippen LogP contribution in [0, 0.1) is 12.7 Å². The smallest absolute Gasteiger partial charge is 0.337 e. The number of carbonyl (C=O) groups is 1. The molecule has 20 heavy (non-hydrogen) atoms. The number of methoxy groups -OCH3 is 1. The minimum Gasteiger partial charge on any atom is -0.497 e. The zero-order valence-electron chi connectivity index (χ0n) is 11.1. The molecular formula is C15H14FNO3. The summed E-state index contributed by atoms with van der Waals surface area (Å²) < 4.78 is 18.2. The molecule has 2 N–H and O–H groups in total. The van der Waals surface area contributed by atoms with Crippen LogP contribution in [0.5, 0.6) is 5.75 Å². The van der Waals surface area contributed by atoms with Gasteiger partial charge in [-0.15, -0.1) is 0 Å². The second-order valence-corrected chi connectivity index (χ2v) is 4.30. The van der Waals surface area contributed by atoms with Crippen molar-refractivity contribution in [3.8, 4) is 5.75 Å². The topological polar surface area (TPSA) is 58.6 Å². The van der Waals surface area contributed by atoms with E-state index in [1.54, 1.807) is 25.1 Å². The van der Waals surface area contributed by atoms with Gasteiger partial charge in [-0.2, -0.15) is 0 Å². The monoisotopic (exact) mass is 275 g/mol. The van der Waals surface area contributed by atoms with Crippen molar-refractivity contribution in [3.05, 3.63) is 53.3 Å². The zero-order chi connectivity index (χ0) is 14.7. The molecule has 4 nitrogen and oxygen atoms in total. The third-order valence-corrected chi connectivity index (χ3v) is 2.91. The Bertz CT molecular complexity index is 656. The highest BCUT2D eigenvalue weighted by atomic mass is 19.1. The Morgan fingerprint density at radius 1 is 1.20 bits per heavy atom. The van der Waals surface area contributed by atoms with Crippen molar-refractivity contribution in [2.24, 2.45) is 0 Å². The molecule has 0 radical (unpaired) electrons. The van der Waals surface area contributed by atoms with Gasteiger partial charge < -0.3 is 15.2 Å². The van der Waals surface area contributed by atoms with Gasteiger partial charge in [-0.25, -0.2) is 9.18 Å². The second-order valence-electron chi connectivity index (χ2n) is 4.30. The van der Waals surface area contributed by atoms with E-state index in [4.69, 9.17) is 4.74 Å². The average molecular weight is 275 g/mol. The summed E-state index contributed by atoms with van der Waals surface area (Å²) >= 11 is 0. The van der Waals surface area contributed by atoms with E-state index in [1.807, 2.05) is 0 Å². The molecule has 0 spiro atoms. The van der Waals surface area contributed by atoms with Crippen molar-refractivity contribution >= 4 is 17.3 Å². The number of ether oxygens (including phenoxy) is 1. The SMILES string of the molecule is COc1ccc(C(=O)O)c(Nc2ccc(F)cc2C)c1. The molecule has 2 aromatic carbocycles. The number of benzene rings is 2. The van der Waals surface area contributed by atoms with Crippen LogP contribution in [-0.4, -0.2) is 18.2 Å². The van der Waals surface area contributed by atoms with Gasteiger partial charge in [0.05, 0.1) is 18.4 Å². The van der Waals surface area contributed by atoms with E-state index < -0.39 is 5.97 Å². The summed E-state index contributed by atoms with van der Waals surface area (Å²) in [7, 11) is 1.50. The number of halogens is 1. The molecule has 5 heteroatoms. The lowest BCUT2D eigenvalue weighted by atomic mass is 10.1. The summed E-state index contributed by atoms with van der Waals surface area (Å²) in [6.45, 7) is 1.74. The van der Waals surface area contributed by atoms with E-state index in [0.29, 0.717) is 22.7 Å². The highest BCUT2D eigenvalue weighted by Crippen LogP contribution is 2.27. The van der Waals surface area contributed by atoms with Crippen LogP contribution in [0.15, 0.2) is 36.4 Å².